The second kappa shape index (κ2) is 1.16. The SMILES string of the molecule is FC12C3(F)C4(F)C1(F)C1(F)C2(F)C3(F)C41F. The highest BCUT2D eigenvalue weighted by molar-refractivity contribution is 5.94. The largest absolute Gasteiger partial charge is 0.232 e. The van der Waals surface area contributed by atoms with Crippen molar-refractivity contribution in [1.29, 1.82) is 0 Å². The van der Waals surface area contributed by atoms with Crippen LogP contribution in [-0.2, 0) is 0 Å². The van der Waals surface area contributed by atoms with E-state index in [4.69, 9.17) is 0 Å². The fourth-order valence-corrected chi connectivity index (χ4v) is 5.32. The van der Waals surface area contributed by atoms with Crippen molar-refractivity contribution >= 4 is 0 Å². The molecule has 6 aliphatic carbocycles. The van der Waals surface area contributed by atoms with E-state index in [-0.39, 0.29) is 0 Å². The Hall–Kier alpha value is -0.560. The lowest BCUT2D eigenvalue weighted by Gasteiger charge is -3.11. The highest BCUT2D eigenvalue weighted by Gasteiger charge is 3.51. The first-order chi connectivity index (χ1) is 7.00. The van der Waals surface area contributed by atoms with Gasteiger partial charge in [0.15, 0.2) is 0 Å². The van der Waals surface area contributed by atoms with Crippen LogP contribution in [0.15, 0.2) is 0 Å². The van der Waals surface area contributed by atoms with E-state index in [9.17, 15) is 35.1 Å². The first-order valence-electron chi connectivity index (χ1n) is 4.51. The van der Waals surface area contributed by atoms with E-state index in [1.54, 1.807) is 0 Å². The van der Waals surface area contributed by atoms with Crippen LogP contribution < -0.4 is 0 Å². The Bertz CT molecular complexity index is 332. The Morgan fingerprint density at radius 2 is 0.312 bits per heavy atom. The Labute approximate surface area is 81.6 Å². The van der Waals surface area contributed by atoms with Crippen LogP contribution in [0.2, 0.25) is 0 Å². The third kappa shape index (κ3) is 0.180. The van der Waals surface area contributed by atoms with Gasteiger partial charge < -0.3 is 0 Å². The molecule has 0 atom stereocenters. The van der Waals surface area contributed by atoms with Crippen molar-refractivity contribution in [1.82, 2.24) is 0 Å². The molecule has 6 fully saturated rings. The van der Waals surface area contributed by atoms with E-state index in [2.05, 4.69) is 0 Å². The highest BCUT2D eigenvalue weighted by Crippen LogP contribution is 3.17. The van der Waals surface area contributed by atoms with Crippen molar-refractivity contribution in [2.45, 2.75) is 45.4 Å². The molecule has 0 N–H and O–H groups in total. The molecule has 0 bridgehead atoms. The molecule has 0 aromatic heterocycles. The summed E-state index contributed by atoms with van der Waals surface area (Å²) in [5.74, 6) is 0. The molecule has 0 saturated heterocycles. The molecule has 0 radical (unpaired) electrons. The molecule has 0 amide bonds. The third-order valence-corrected chi connectivity index (χ3v) is 5.70. The second-order valence-electron chi connectivity index (χ2n) is 5.27. The number of rotatable bonds is 0. The Balaban J connectivity index is 1.95. The molecule has 8 heteroatoms. The lowest BCUT2D eigenvalue weighted by atomic mass is 8.91. The van der Waals surface area contributed by atoms with E-state index in [1.807, 2.05) is 0 Å². The Morgan fingerprint density at radius 1 is 0.250 bits per heavy atom. The van der Waals surface area contributed by atoms with Crippen molar-refractivity contribution in [2.75, 3.05) is 0 Å². The maximum absolute atomic E-state index is 13.5. The fourth-order valence-electron chi connectivity index (χ4n) is 5.32. The molecule has 6 aliphatic rings. The molecule has 0 spiro atoms. The smallest absolute Gasteiger partial charge is 0.232 e. The van der Waals surface area contributed by atoms with Gasteiger partial charge in [0.05, 0.1) is 0 Å². The van der Waals surface area contributed by atoms with Crippen molar-refractivity contribution < 1.29 is 35.1 Å². The third-order valence-electron chi connectivity index (χ3n) is 5.70. The summed E-state index contributed by atoms with van der Waals surface area (Å²) in [4.78, 5) is 0. The summed E-state index contributed by atoms with van der Waals surface area (Å²) < 4.78 is 108. The van der Waals surface area contributed by atoms with Crippen molar-refractivity contribution in [3.8, 4) is 0 Å². The second-order valence-corrected chi connectivity index (χ2v) is 5.27. The van der Waals surface area contributed by atoms with Crippen LogP contribution in [-0.4, -0.2) is 45.4 Å². The van der Waals surface area contributed by atoms with E-state index in [0.29, 0.717) is 0 Å². The van der Waals surface area contributed by atoms with Crippen LogP contribution in [0, 0.1) is 0 Å². The van der Waals surface area contributed by atoms with Crippen molar-refractivity contribution in [3.63, 3.8) is 0 Å². The predicted octanol–water partition coefficient (Wildman–Crippen LogP) is 1.72. The molecule has 16 heavy (non-hydrogen) atoms. The van der Waals surface area contributed by atoms with Gasteiger partial charge in [-0.2, -0.15) is 0 Å². The molecule has 0 aromatic carbocycles. The minimum atomic E-state index is -4.22. The maximum Gasteiger partial charge on any atom is 0.232 e. The number of hydrogen-bond acceptors (Lipinski definition) is 0. The quantitative estimate of drug-likeness (QED) is 0.572. The summed E-state index contributed by atoms with van der Waals surface area (Å²) in [7, 11) is 0. The topological polar surface area (TPSA) is 0 Å². The van der Waals surface area contributed by atoms with E-state index >= 15 is 0 Å². The number of alkyl halides is 8. The van der Waals surface area contributed by atoms with Crippen LogP contribution in [0.4, 0.5) is 35.1 Å². The zero-order valence-electron chi connectivity index (χ0n) is 7.02. The first kappa shape index (κ1) is 8.52. The molecular formula is C8F8. The van der Waals surface area contributed by atoms with Gasteiger partial charge in [0.1, 0.15) is 0 Å². The molecule has 6 rings (SSSR count). The van der Waals surface area contributed by atoms with Gasteiger partial charge in [-0.15, -0.1) is 0 Å². The maximum atomic E-state index is 13.5. The lowest BCUT2D eigenvalue weighted by molar-refractivity contribution is -0.792. The summed E-state index contributed by atoms with van der Waals surface area (Å²) in [6.07, 6.45) is 0. The number of halogens is 8. The summed E-state index contributed by atoms with van der Waals surface area (Å²) in [6.45, 7) is 0. The summed E-state index contributed by atoms with van der Waals surface area (Å²) in [6, 6.07) is 0. The highest BCUT2D eigenvalue weighted by atomic mass is 19.2. The van der Waals surface area contributed by atoms with Gasteiger partial charge in [0.25, 0.3) is 0 Å². The Kier molecular flexibility index (Phi) is 0.617. The average molecular weight is 248 g/mol. The van der Waals surface area contributed by atoms with Gasteiger partial charge in [-0.05, 0) is 0 Å². The molecule has 0 unspecified atom stereocenters. The predicted molar refractivity (Wildman–Crippen MR) is 30.7 cm³/mol. The van der Waals surface area contributed by atoms with Gasteiger partial charge in [-0.25, -0.2) is 35.1 Å². The summed E-state index contributed by atoms with van der Waals surface area (Å²) in [5, 5.41) is 0. The van der Waals surface area contributed by atoms with E-state index < -0.39 is 45.4 Å². The zero-order valence-corrected chi connectivity index (χ0v) is 7.02. The normalized spacial score (nSPS) is 97.5. The van der Waals surface area contributed by atoms with Crippen LogP contribution in [0.5, 0.6) is 0 Å². The molecule has 0 aromatic rings. The van der Waals surface area contributed by atoms with Gasteiger partial charge in [-0.1, -0.05) is 0 Å². The molecule has 0 nitrogen and oxygen atoms in total. The first-order valence-corrected chi connectivity index (χ1v) is 4.51. The van der Waals surface area contributed by atoms with E-state index in [0.717, 1.165) is 0 Å². The molecule has 0 aliphatic heterocycles. The van der Waals surface area contributed by atoms with Crippen molar-refractivity contribution in [3.05, 3.63) is 0 Å². The van der Waals surface area contributed by atoms with Crippen LogP contribution >= 0.6 is 0 Å². The van der Waals surface area contributed by atoms with Crippen molar-refractivity contribution in [2.24, 2.45) is 0 Å². The standard InChI is InChI=1S/C8F8/c9-1-2(10)5(13)3(1,11)7(15)4(1,12)6(2,14)8(5,7)16. The van der Waals surface area contributed by atoms with Gasteiger partial charge in [0, 0.05) is 0 Å². The van der Waals surface area contributed by atoms with Gasteiger partial charge >= 0.3 is 0 Å². The monoisotopic (exact) mass is 248 g/mol. The van der Waals surface area contributed by atoms with Gasteiger partial charge in [0.2, 0.25) is 45.4 Å². The van der Waals surface area contributed by atoms with Crippen LogP contribution in [0.3, 0.4) is 0 Å². The summed E-state index contributed by atoms with van der Waals surface area (Å²) >= 11 is 0. The molecular weight excluding hydrogens is 248 g/mol. The number of hydrogen-bond donors (Lipinski definition) is 0. The van der Waals surface area contributed by atoms with Crippen LogP contribution in [0.25, 0.3) is 0 Å². The van der Waals surface area contributed by atoms with E-state index in [1.165, 1.54) is 0 Å². The average Bonchev–Trinajstić information content (AvgIpc) is 2.27. The minimum Gasteiger partial charge on any atom is -0.232 e. The molecule has 88 valence electrons. The fraction of sp³-hybridized carbons (Fsp3) is 1.00. The van der Waals surface area contributed by atoms with Gasteiger partial charge in [-0.3, -0.25) is 0 Å². The zero-order chi connectivity index (χ0) is 12.0. The molecule has 0 heterocycles. The Morgan fingerprint density at radius 3 is 0.375 bits per heavy atom. The molecule has 6 saturated carbocycles. The summed E-state index contributed by atoms with van der Waals surface area (Å²) in [5.41, 5.74) is -33.8. The minimum absolute atomic E-state index is 4.22. The van der Waals surface area contributed by atoms with Crippen LogP contribution in [0.1, 0.15) is 0 Å². The lowest BCUT2D eigenvalue weighted by Crippen LogP contribution is -3.46.